The summed E-state index contributed by atoms with van der Waals surface area (Å²) < 4.78 is 28.0. The van der Waals surface area contributed by atoms with E-state index in [1.54, 1.807) is 36.3 Å². The van der Waals surface area contributed by atoms with E-state index in [0.717, 1.165) is 23.3 Å². The molecule has 0 radical (unpaired) electrons. The first kappa shape index (κ1) is 32.0. The molecule has 11 heteroatoms. The van der Waals surface area contributed by atoms with E-state index in [4.69, 9.17) is 0 Å². The van der Waals surface area contributed by atoms with Gasteiger partial charge < -0.3 is 20.2 Å². The van der Waals surface area contributed by atoms with Crippen molar-refractivity contribution in [3.63, 3.8) is 0 Å². The molecule has 0 bridgehead atoms. The monoisotopic (exact) mass is 581 g/mol. The number of aromatic hydroxyl groups is 1. The van der Waals surface area contributed by atoms with E-state index < -0.39 is 29.9 Å². The summed E-state index contributed by atoms with van der Waals surface area (Å²) in [5.41, 5.74) is 1.80. The highest BCUT2D eigenvalue weighted by atomic mass is 19.1. The Kier molecular flexibility index (Phi) is 11.8. The number of hydrogen-bond donors (Lipinski definition) is 2. The van der Waals surface area contributed by atoms with E-state index in [2.05, 4.69) is 5.32 Å². The summed E-state index contributed by atoms with van der Waals surface area (Å²) in [5, 5.41) is 15.6. The Morgan fingerprint density at radius 1 is 0.976 bits per heavy atom. The van der Waals surface area contributed by atoms with Crippen molar-refractivity contribution in [2.75, 3.05) is 20.1 Å². The van der Waals surface area contributed by atoms with E-state index >= 15 is 0 Å². The zero-order chi connectivity index (χ0) is 30.6. The number of rotatable bonds is 15. The minimum absolute atomic E-state index is 0.0842. The summed E-state index contributed by atoms with van der Waals surface area (Å²) in [7, 11) is 1.69. The number of phenols is 1. The minimum atomic E-state index is -0.996. The second kappa shape index (κ2) is 15.5. The quantitative estimate of drug-likeness (QED) is 0.160. The fourth-order valence-electron chi connectivity index (χ4n) is 4.59. The summed E-state index contributed by atoms with van der Waals surface area (Å²) in [6.45, 7) is 3.89. The standard InChI is InChI=1S/C31H37F2N5O4/c1-4-35(3)38(31(42)34-18-25-8-6-5-7-9-25)30(20-36(21-39)19-26-12-13-27(32)17-29(26)33)37(22-40)23(2)16-24-10-14-28(41)15-11-24/h5-15,17,21-23,30,41H,4,16,18-20H2,1-3H3,(H,34,42)/t23-,30?/m1/s1. The van der Waals surface area contributed by atoms with Gasteiger partial charge in [-0.05, 0) is 42.7 Å². The van der Waals surface area contributed by atoms with Gasteiger partial charge in [-0.15, -0.1) is 0 Å². The topological polar surface area (TPSA) is 96.4 Å². The minimum Gasteiger partial charge on any atom is -0.508 e. The maximum Gasteiger partial charge on any atom is 0.334 e. The van der Waals surface area contributed by atoms with Crippen molar-refractivity contribution in [3.8, 4) is 5.75 Å². The van der Waals surface area contributed by atoms with Gasteiger partial charge in [-0.2, -0.15) is 0 Å². The molecule has 0 heterocycles. The van der Waals surface area contributed by atoms with E-state index in [1.165, 1.54) is 20.9 Å². The number of phenolic OH excluding ortho intramolecular Hbond substituents is 1. The summed E-state index contributed by atoms with van der Waals surface area (Å²) >= 11 is 0. The summed E-state index contributed by atoms with van der Waals surface area (Å²) in [6.07, 6.45) is 0.524. The summed E-state index contributed by atoms with van der Waals surface area (Å²) in [4.78, 5) is 41.3. The summed E-state index contributed by atoms with van der Waals surface area (Å²) in [6, 6.07) is 18.0. The number of hydrogen-bond acceptors (Lipinski definition) is 5. The highest BCUT2D eigenvalue weighted by molar-refractivity contribution is 5.74. The van der Waals surface area contributed by atoms with E-state index in [-0.39, 0.29) is 30.9 Å². The van der Waals surface area contributed by atoms with Gasteiger partial charge in [-0.3, -0.25) is 9.59 Å². The fourth-order valence-corrected chi connectivity index (χ4v) is 4.59. The van der Waals surface area contributed by atoms with Crippen molar-refractivity contribution >= 4 is 18.9 Å². The van der Waals surface area contributed by atoms with Gasteiger partial charge in [0.2, 0.25) is 12.8 Å². The van der Waals surface area contributed by atoms with Crippen molar-refractivity contribution in [2.24, 2.45) is 0 Å². The zero-order valence-corrected chi connectivity index (χ0v) is 24.0. The molecule has 3 aromatic rings. The molecule has 0 aromatic heterocycles. The number of nitrogens with zero attached hydrogens (tertiary/aromatic N) is 4. The molecule has 0 aliphatic heterocycles. The van der Waals surface area contributed by atoms with Crippen LogP contribution < -0.4 is 5.32 Å². The van der Waals surface area contributed by atoms with Crippen LogP contribution in [0.4, 0.5) is 13.6 Å². The number of urea groups is 1. The molecule has 0 fully saturated rings. The van der Waals surface area contributed by atoms with Crippen LogP contribution in [0.3, 0.4) is 0 Å². The normalized spacial score (nSPS) is 12.3. The smallest absolute Gasteiger partial charge is 0.334 e. The maximum atomic E-state index is 14.5. The Bertz CT molecular complexity index is 1310. The van der Waals surface area contributed by atoms with E-state index in [0.29, 0.717) is 25.8 Å². The first-order chi connectivity index (χ1) is 20.2. The molecule has 0 saturated carbocycles. The Morgan fingerprint density at radius 2 is 1.67 bits per heavy atom. The molecule has 0 spiro atoms. The predicted octanol–water partition coefficient (Wildman–Crippen LogP) is 4.12. The van der Waals surface area contributed by atoms with Crippen LogP contribution in [-0.2, 0) is 29.1 Å². The predicted molar refractivity (Wildman–Crippen MR) is 155 cm³/mol. The van der Waals surface area contributed by atoms with Crippen molar-refractivity contribution < 1.29 is 28.3 Å². The number of carbonyl (C=O) groups is 3. The third-order valence-electron chi connectivity index (χ3n) is 6.98. The third-order valence-corrected chi connectivity index (χ3v) is 6.98. The number of amides is 4. The molecule has 42 heavy (non-hydrogen) atoms. The molecule has 3 rings (SSSR count). The number of benzene rings is 3. The molecule has 2 atom stereocenters. The number of carbonyl (C=O) groups excluding carboxylic acids is 3. The number of nitrogens with one attached hydrogen (secondary N) is 1. The Labute approximate surface area is 244 Å². The van der Waals surface area contributed by atoms with Gasteiger partial charge >= 0.3 is 6.03 Å². The van der Waals surface area contributed by atoms with Crippen molar-refractivity contribution in [1.29, 1.82) is 0 Å². The zero-order valence-electron chi connectivity index (χ0n) is 24.0. The molecule has 3 aromatic carbocycles. The molecule has 0 aliphatic rings. The molecule has 1 unspecified atom stereocenters. The maximum absolute atomic E-state index is 14.5. The van der Waals surface area contributed by atoms with Crippen LogP contribution in [-0.4, -0.2) is 76.1 Å². The van der Waals surface area contributed by atoms with Crippen LogP contribution in [0.5, 0.6) is 5.75 Å². The lowest BCUT2D eigenvalue weighted by atomic mass is 10.1. The van der Waals surface area contributed by atoms with Gasteiger partial charge in [-0.1, -0.05) is 55.5 Å². The third kappa shape index (κ3) is 8.74. The molecule has 0 aliphatic carbocycles. The lowest BCUT2D eigenvalue weighted by Gasteiger charge is -2.45. The molecule has 2 N–H and O–H groups in total. The Morgan fingerprint density at radius 3 is 2.26 bits per heavy atom. The van der Waals surface area contributed by atoms with Crippen LogP contribution in [0.15, 0.2) is 72.8 Å². The number of halogens is 2. The average molecular weight is 582 g/mol. The molecular formula is C31H37F2N5O4. The van der Waals surface area contributed by atoms with Crippen LogP contribution >= 0.6 is 0 Å². The van der Waals surface area contributed by atoms with Gasteiger partial charge in [0.15, 0.2) is 0 Å². The van der Waals surface area contributed by atoms with Gasteiger partial charge in [0, 0.05) is 44.4 Å². The lowest BCUT2D eigenvalue weighted by Crippen LogP contribution is -2.64. The second-order valence-electron chi connectivity index (χ2n) is 9.99. The summed E-state index contributed by atoms with van der Waals surface area (Å²) in [5.74, 6) is -1.45. The first-order valence-corrected chi connectivity index (χ1v) is 13.6. The Balaban J connectivity index is 1.96. The van der Waals surface area contributed by atoms with Crippen LogP contribution in [0.25, 0.3) is 0 Å². The SMILES string of the molecule is CCN(C)N(C(=O)NCc1ccccc1)C(CN(C=O)Cc1ccc(F)cc1F)N(C=O)[C@H](C)Cc1ccc(O)cc1. The molecule has 224 valence electrons. The van der Waals surface area contributed by atoms with Crippen molar-refractivity contribution in [3.05, 3.63) is 101 Å². The van der Waals surface area contributed by atoms with Gasteiger partial charge in [-0.25, -0.2) is 23.6 Å². The van der Waals surface area contributed by atoms with Crippen LogP contribution in [0.2, 0.25) is 0 Å². The largest absolute Gasteiger partial charge is 0.508 e. The highest BCUT2D eigenvalue weighted by Crippen LogP contribution is 2.20. The number of hydrazine groups is 1. The van der Waals surface area contributed by atoms with E-state index in [1.807, 2.05) is 44.2 Å². The fraction of sp³-hybridized carbons (Fsp3) is 0.323. The second-order valence-corrected chi connectivity index (χ2v) is 9.99. The van der Waals surface area contributed by atoms with Crippen molar-refractivity contribution in [2.45, 2.75) is 45.6 Å². The molecule has 0 saturated heterocycles. The Hall–Kier alpha value is -4.51. The van der Waals surface area contributed by atoms with E-state index in [9.17, 15) is 28.3 Å². The molecule has 9 nitrogen and oxygen atoms in total. The van der Waals surface area contributed by atoms with Crippen LogP contribution in [0.1, 0.15) is 30.5 Å². The highest BCUT2D eigenvalue weighted by Gasteiger charge is 2.35. The van der Waals surface area contributed by atoms with Gasteiger partial charge in [0.1, 0.15) is 23.5 Å². The molecule has 4 amide bonds. The molecular weight excluding hydrogens is 544 g/mol. The van der Waals surface area contributed by atoms with Gasteiger partial charge in [0.05, 0.1) is 6.54 Å². The average Bonchev–Trinajstić information content (AvgIpc) is 2.98. The first-order valence-electron chi connectivity index (χ1n) is 13.6. The van der Waals surface area contributed by atoms with Crippen molar-refractivity contribution in [1.82, 2.24) is 25.1 Å². The van der Waals surface area contributed by atoms with Gasteiger partial charge in [0.25, 0.3) is 0 Å². The van der Waals surface area contributed by atoms with Crippen LogP contribution in [0, 0.1) is 11.6 Å². The lowest BCUT2D eigenvalue weighted by molar-refractivity contribution is -0.139.